The molecule has 0 fully saturated rings. The molecule has 0 radical (unpaired) electrons. The Balaban J connectivity index is 2.17. The molecule has 2 N–H and O–H groups in total. The number of ether oxygens (including phenoxy) is 2. The van der Waals surface area contributed by atoms with E-state index in [4.69, 9.17) is 15.9 Å². The minimum absolute atomic E-state index is 0.297. The zero-order valence-corrected chi connectivity index (χ0v) is 15.7. The Morgan fingerprint density at radius 2 is 1.92 bits per heavy atom. The van der Waals surface area contributed by atoms with Crippen molar-refractivity contribution in [3.05, 3.63) is 29.8 Å². The molecule has 5 heteroatoms. The lowest BCUT2D eigenvalue weighted by molar-refractivity contribution is 0.108. The first-order valence-electron chi connectivity index (χ1n) is 8.83. The fraction of sp³-hybridized carbons (Fsp3) is 0.550. The van der Waals surface area contributed by atoms with E-state index in [-0.39, 0.29) is 0 Å². The van der Waals surface area contributed by atoms with Crippen LogP contribution >= 0.6 is 0 Å². The lowest BCUT2D eigenvalue weighted by atomic mass is 10.1. The van der Waals surface area contributed by atoms with Gasteiger partial charge in [-0.05, 0) is 36.5 Å². The smallest absolute Gasteiger partial charge is 0.190 e. The number of nitrogens with one attached hydrogen (secondary N) is 2. The summed E-state index contributed by atoms with van der Waals surface area (Å²) >= 11 is 0. The van der Waals surface area contributed by atoms with Gasteiger partial charge in [0.1, 0.15) is 12.4 Å². The summed E-state index contributed by atoms with van der Waals surface area (Å²) in [6.45, 7) is 7.86. The summed E-state index contributed by atoms with van der Waals surface area (Å²) in [5.74, 6) is 4.66. The highest BCUT2D eigenvalue weighted by molar-refractivity contribution is 5.79. The van der Waals surface area contributed by atoms with Crippen LogP contribution in [0.4, 0.5) is 0 Å². The molecule has 5 nitrogen and oxygen atoms in total. The van der Waals surface area contributed by atoms with Crippen LogP contribution in [0.5, 0.6) is 5.75 Å². The molecule has 138 valence electrons. The predicted octanol–water partition coefficient (Wildman–Crippen LogP) is 2.47. The standard InChI is InChI=1S/C20H31N3O2/c1-5-14-25-19-9-7-18(8-10-19)11-13-23-20(21-4)22-12-6-15-24-16-17(2)3/h1,7-10,17H,6,11-16H2,2-4H3,(H2,21,22,23). The number of guanidine groups is 1. The number of benzene rings is 1. The van der Waals surface area contributed by atoms with Crippen molar-refractivity contribution in [2.45, 2.75) is 26.7 Å². The molecule has 1 aromatic rings. The van der Waals surface area contributed by atoms with Crippen LogP contribution in [-0.4, -0.2) is 45.9 Å². The summed E-state index contributed by atoms with van der Waals surface area (Å²) in [6, 6.07) is 7.99. The van der Waals surface area contributed by atoms with E-state index in [1.165, 1.54) is 5.56 Å². The van der Waals surface area contributed by atoms with Crippen molar-refractivity contribution in [1.82, 2.24) is 10.6 Å². The lowest BCUT2D eigenvalue weighted by Crippen LogP contribution is -2.39. The van der Waals surface area contributed by atoms with Gasteiger partial charge in [0.2, 0.25) is 0 Å². The molecule has 0 aliphatic heterocycles. The van der Waals surface area contributed by atoms with Crippen LogP contribution in [0.15, 0.2) is 29.3 Å². The van der Waals surface area contributed by atoms with E-state index in [9.17, 15) is 0 Å². The first-order chi connectivity index (χ1) is 12.2. The van der Waals surface area contributed by atoms with Crippen LogP contribution in [0.2, 0.25) is 0 Å². The Hall–Kier alpha value is -2.19. The van der Waals surface area contributed by atoms with Crippen LogP contribution in [0.25, 0.3) is 0 Å². The molecule has 0 aliphatic rings. The molecule has 0 aromatic heterocycles. The van der Waals surface area contributed by atoms with Crippen LogP contribution in [0.3, 0.4) is 0 Å². The minimum Gasteiger partial charge on any atom is -0.481 e. The lowest BCUT2D eigenvalue weighted by Gasteiger charge is -2.12. The number of hydrogen-bond donors (Lipinski definition) is 2. The van der Waals surface area contributed by atoms with E-state index in [1.807, 2.05) is 12.1 Å². The zero-order chi connectivity index (χ0) is 18.3. The van der Waals surface area contributed by atoms with Gasteiger partial charge in [-0.2, -0.15) is 0 Å². The molecular formula is C20H31N3O2. The van der Waals surface area contributed by atoms with Crippen molar-refractivity contribution in [2.75, 3.05) is 40.0 Å². The fourth-order valence-electron chi connectivity index (χ4n) is 2.12. The van der Waals surface area contributed by atoms with E-state index in [0.717, 1.165) is 50.9 Å². The van der Waals surface area contributed by atoms with Crippen LogP contribution < -0.4 is 15.4 Å². The topological polar surface area (TPSA) is 54.9 Å². The SMILES string of the molecule is C#CCOc1ccc(CCNC(=NC)NCCCOCC(C)C)cc1. The average Bonchev–Trinajstić information content (AvgIpc) is 2.62. The Morgan fingerprint density at radius 3 is 2.56 bits per heavy atom. The number of aliphatic imine (C=N–C) groups is 1. The van der Waals surface area contributed by atoms with Crippen molar-refractivity contribution >= 4 is 5.96 Å². The summed E-state index contributed by atoms with van der Waals surface area (Å²) < 4.78 is 10.9. The van der Waals surface area contributed by atoms with Gasteiger partial charge in [0, 0.05) is 33.4 Å². The molecule has 0 atom stereocenters. The number of hydrogen-bond acceptors (Lipinski definition) is 3. The first-order valence-corrected chi connectivity index (χ1v) is 8.83. The molecule has 0 unspecified atom stereocenters. The zero-order valence-electron chi connectivity index (χ0n) is 15.7. The monoisotopic (exact) mass is 345 g/mol. The Labute approximate surface area is 152 Å². The van der Waals surface area contributed by atoms with E-state index in [0.29, 0.717) is 12.5 Å². The van der Waals surface area contributed by atoms with Crippen molar-refractivity contribution in [1.29, 1.82) is 0 Å². The van der Waals surface area contributed by atoms with Crippen molar-refractivity contribution < 1.29 is 9.47 Å². The van der Waals surface area contributed by atoms with Gasteiger partial charge in [-0.15, -0.1) is 6.42 Å². The summed E-state index contributed by atoms with van der Waals surface area (Å²) in [7, 11) is 1.78. The number of nitrogens with zero attached hydrogens (tertiary/aromatic N) is 1. The molecule has 0 amide bonds. The highest BCUT2D eigenvalue weighted by Crippen LogP contribution is 2.12. The minimum atomic E-state index is 0.297. The van der Waals surface area contributed by atoms with Crippen molar-refractivity contribution in [3.8, 4) is 18.1 Å². The van der Waals surface area contributed by atoms with Crippen LogP contribution in [-0.2, 0) is 11.2 Å². The summed E-state index contributed by atoms with van der Waals surface area (Å²) in [6.07, 6.45) is 7.05. The van der Waals surface area contributed by atoms with Gasteiger partial charge >= 0.3 is 0 Å². The van der Waals surface area contributed by atoms with Gasteiger partial charge < -0.3 is 20.1 Å². The predicted molar refractivity (Wildman–Crippen MR) is 104 cm³/mol. The second-order valence-corrected chi connectivity index (χ2v) is 6.13. The average molecular weight is 345 g/mol. The van der Waals surface area contributed by atoms with Gasteiger partial charge in [0.15, 0.2) is 5.96 Å². The number of rotatable bonds is 11. The van der Waals surface area contributed by atoms with Crippen molar-refractivity contribution in [3.63, 3.8) is 0 Å². The van der Waals surface area contributed by atoms with Gasteiger partial charge in [0.05, 0.1) is 0 Å². The van der Waals surface area contributed by atoms with Crippen molar-refractivity contribution in [2.24, 2.45) is 10.9 Å². The molecule has 0 heterocycles. The molecular weight excluding hydrogens is 314 g/mol. The fourth-order valence-corrected chi connectivity index (χ4v) is 2.12. The Kier molecular flexibility index (Phi) is 11.0. The molecule has 0 saturated heterocycles. The number of terminal acetylenes is 1. The summed E-state index contributed by atoms with van der Waals surface area (Å²) in [5.41, 5.74) is 1.23. The molecule has 1 aromatic carbocycles. The first kappa shape index (κ1) is 20.9. The second-order valence-electron chi connectivity index (χ2n) is 6.13. The maximum Gasteiger partial charge on any atom is 0.190 e. The third-order valence-corrected chi connectivity index (χ3v) is 3.38. The molecule has 0 bridgehead atoms. The largest absolute Gasteiger partial charge is 0.481 e. The molecule has 1 rings (SSSR count). The third-order valence-electron chi connectivity index (χ3n) is 3.38. The maximum absolute atomic E-state index is 5.56. The normalized spacial score (nSPS) is 11.2. The molecule has 0 spiro atoms. The Morgan fingerprint density at radius 1 is 1.20 bits per heavy atom. The Bertz CT molecular complexity index is 533. The summed E-state index contributed by atoms with van der Waals surface area (Å²) in [5, 5.41) is 6.61. The van der Waals surface area contributed by atoms with Gasteiger partial charge in [-0.3, -0.25) is 4.99 Å². The maximum atomic E-state index is 5.56. The molecule has 25 heavy (non-hydrogen) atoms. The van der Waals surface area contributed by atoms with Crippen LogP contribution in [0.1, 0.15) is 25.8 Å². The second kappa shape index (κ2) is 13.1. The molecule has 0 aliphatic carbocycles. The van der Waals surface area contributed by atoms with E-state index < -0.39 is 0 Å². The highest BCUT2D eigenvalue weighted by atomic mass is 16.5. The van der Waals surface area contributed by atoms with Gasteiger partial charge in [0.25, 0.3) is 0 Å². The van der Waals surface area contributed by atoms with E-state index in [2.05, 4.69) is 47.5 Å². The van der Waals surface area contributed by atoms with E-state index in [1.54, 1.807) is 7.05 Å². The highest BCUT2D eigenvalue weighted by Gasteiger charge is 1.99. The quantitative estimate of drug-likeness (QED) is 0.280. The van der Waals surface area contributed by atoms with Gasteiger partial charge in [-0.1, -0.05) is 31.9 Å². The summed E-state index contributed by atoms with van der Waals surface area (Å²) in [4.78, 5) is 4.23. The molecule has 0 saturated carbocycles. The van der Waals surface area contributed by atoms with Gasteiger partial charge in [-0.25, -0.2) is 0 Å². The van der Waals surface area contributed by atoms with Crippen LogP contribution in [0, 0.1) is 18.3 Å². The van der Waals surface area contributed by atoms with E-state index >= 15 is 0 Å². The third kappa shape index (κ3) is 10.3.